The van der Waals surface area contributed by atoms with Crippen LogP contribution in [0, 0.1) is 24.2 Å². The maximum Gasteiger partial charge on any atom is 0.215 e. The molecule has 3 heteroatoms. The Kier molecular flexibility index (Phi) is 3.68. The molecule has 0 amide bonds. The van der Waals surface area contributed by atoms with Gasteiger partial charge < -0.3 is 4.74 Å². The average molecular weight is 204 g/mol. The maximum atomic E-state index is 8.80. The van der Waals surface area contributed by atoms with Crippen LogP contribution >= 0.6 is 0 Å². The Balaban J connectivity index is 2.87. The molecule has 0 aliphatic heterocycles. The minimum Gasteiger partial charge on any atom is -0.474 e. The van der Waals surface area contributed by atoms with Gasteiger partial charge in [0.25, 0.3) is 0 Å². The van der Waals surface area contributed by atoms with Crippen molar-refractivity contribution in [2.75, 3.05) is 0 Å². The highest BCUT2D eigenvalue weighted by Gasteiger charge is 2.10. The molecule has 0 saturated carbocycles. The third-order valence-electron chi connectivity index (χ3n) is 2.30. The van der Waals surface area contributed by atoms with Gasteiger partial charge in [0.2, 0.25) is 5.88 Å². The van der Waals surface area contributed by atoms with Gasteiger partial charge >= 0.3 is 0 Å². The first-order valence-electron chi connectivity index (χ1n) is 5.08. The summed E-state index contributed by atoms with van der Waals surface area (Å²) >= 11 is 0. The van der Waals surface area contributed by atoms with E-state index in [1.807, 2.05) is 13.8 Å². The monoisotopic (exact) mass is 204 g/mol. The van der Waals surface area contributed by atoms with E-state index in [9.17, 15) is 0 Å². The lowest BCUT2D eigenvalue weighted by molar-refractivity contribution is 0.163. The van der Waals surface area contributed by atoms with E-state index >= 15 is 0 Å². The summed E-state index contributed by atoms with van der Waals surface area (Å²) in [5, 5.41) is 8.80. The lowest BCUT2D eigenvalue weighted by atomic mass is 10.1. The van der Waals surface area contributed by atoms with Crippen molar-refractivity contribution in [1.82, 2.24) is 4.98 Å². The predicted octanol–water partition coefficient (Wildman–Crippen LogP) is 2.69. The fraction of sp³-hybridized carbons (Fsp3) is 0.500. The number of aromatic nitrogens is 1. The van der Waals surface area contributed by atoms with Crippen molar-refractivity contribution in [2.45, 2.75) is 33.8 Å². The first-order chi connectivity index (χ1) is 7.02. The summed E-state index contributed by atoms with van der Waals surface area (Å²) in [6.45, 7) is 8.03. The van der Waals surface area contributed by atoms with Crippen LogP contribution in [-0.4, -0.2) is 11.1 Å². The van der Waals surface area contributed by atoms with E-state index in [0.717, 1.165) is 5.69 Å². The first kappa shape index (κ1) is 11.5. The molecule has 0 radical (unpaired) electrons. The smallest absolute Gasteiger partial charge is 0.215 e. The van der Waals surface area contributed by atoms with Gasteiger partial charge in [0.05, 0.1) is 17.7 Å². The van der Waals surface area contributed by atoms with Gasteiger partial charge in [-0.1, -0.05) is 13.8 Å². The molecule has 0 bridgehead atoms. The maximum absolute atomic E-state index is 8.80. The standard InChI is InChI=1S/C12H16N2O/c1-8(2)10(4)15-12-6-11(7-13)5-9(3)14-12/h5-6,8,10H,1-4H3. The molecule has 0 aromatic carbocycles. The van der Waals surface area contributed by atoms with E-state index in [1.54, 1.807) is 12.1 Å². The second-order valence-electron chi connectivity index (χ2n) is 4.01. The zero-order valence-corrected chi connectivity index (χ0v) is 9.61. The highest BCUT2D eigenvalue weighted by Crippen LogP contribution is 2.15. The van der Waals surface area contributed by atoms with Crippen LogP contribution in [0.15, 0.2) is 12.1 Å². The zero-order chi connectivity index (χ0) is 11.4. The third kappa shape index (κ3) is 3.25. The van der Waals surface area contributed by atoms with Gasteiger partial charge in [-0.05, 0) is 25.8 Å². The Morgan fingerprint density at radius 3 is 2.53 bits per heavy atom. The molecule has 80 valence electrons. The molecule has 1 unspecified atom stereocenters. The number of aryl methyl sites for hydroxylation is 1. The Morgan fingerprint density at radius 2 is 2.00 bits per heavy atom. The SMILES string of the molecule is Cc1cc(C#N)cc(OC(C)C(C)C)n1. The van der Waals surface area contributed by atoms with E-state index in [-0.39, 0.29) is 6.10 Å². The predicted molar refractivity (Wildman–Crippen MR) is 58.6 cm³/mol. The third-order valence-corrected chi connectivity index (χ3v) is 2.30. The fourth-order valence-electron chi connectivity index (χ4n) is 1.09. The summed E-state index contributed by atoms with van der Waals surface area (Å²) in [5.74, 6) is 0.964. The highest BCUT2D eigenvalue weighted by molar-refractivity contribution is 5.34. The summed E-state index contributed by atoms with van der Waals surface area (Å²) < 4.78 is 5.64. The Morgan fingerprint density at radius 1 is 1.33 bits per heavy atom. The number of ether oxygens (including phenoxy) is 1. The van der Waals surface area contributed by atoms with Crippen molar-refractivity contribution >= 4 is 0 Å². The topological polar surface area (TPSA) is 45.9 Å². The fourth-order valence-corrected chi connectivity index (χ4v) is 1.09. The normalized spacial score (nSPS) is 12.3. The number of hydrogen-bond acceptors (Lipinski definition) is 3. The van der Waals surface area contributed by atoms with Gasteiger partial charge in [0.1, 0.15) is 0 Å². The quantitative estimate of drug-likeness (QED) is 0.760. The number of rotatable bonds is 3. The Bertz CT molecular complexity index is 380. The minimum atomic E-state index is 0.103. The van der Waals surface area contributed by atoms with Crippen LogP contribution in [0.5, 0.6) is 5.88 Å². The minimum absolute atomic E-state index is 0.103. The zero-order valence-electron chi connectivity index (χ0n) is 9.61. The number of pyridine rings is 1. The van der Waals surface area contributed by atoms with Crippen molar-refractivity contribution in [3.63, 3.8) is 0 Å². The molecule has 1 aromatic rings. The Hall–Kier alpha value is -1.56. The van der Waals surface area contributed by atoms with Crippen molar-refractivity contribution in [2.24, 2.45) is 5.92 Å². The van der Waals surface area contributed by atoms with Crippen LogP contribution < -0.4 is 4.74 Å². The van der Waals surface area contributed by atoms with Crippen LogP contribution in [0.4, 0.5) is 0 Å². The van der Waals surface area contributed by atoms with Crippen LogP contribution in [0.25, 0.3) is 0 Å². The number of hydrogen-bond donors (Lipinski definition) is 0. The van der Waals surface area contributed by atoms with Crippen molar-refractivity contribution in [3.8, 4) is 11.9 Å². The van der Waals surface area contributed by atoms with Gasteiger partial charge in [0.15, 0.2) is 0 Å². The molecular weight excluding hydrogens is 188 g/mol. The molecule has 1 aromatic heterocycles. The van der Waals surface area contributed by atoms with Crippen molar-refractivity contribution in [1.29, 1.82) is 5.26 Å². The van der Waals surface area contributed by atoms with Crippen LogP contribution in [0.1, 0.15) is 32.0 Å². The van der Waals surface area contributed by atoms with Crippen molar-refractivity contribution in [3.05, 3.63) is 23.4 Å². The van der Waals surface area contributed by atoms with Gasteiger partial charge in [-0.2, -0.15) is 5.26 Å². The van der Waals surface area contributed by atoms with Gasteiger partial charge in [0, 0.05) is 11.8 Å². The van der Waals surface area contributed by atoms with Crippen LogP contribution in [0.3, 0.4) is 0 Å². The average Bonchev–Trinajstić information content (AvgIpc) is 2.16. The van der Waals surface area contributed by atoms with Crippen LogP contribution in [-0.2, 0) is 0 Å². The van der Waals surface area contributed by atoms with Gasteiger partial charge in [-0.25, -0.2) is 4.98 Å². The molecule has 1 heterocycles. The second kappa shape index (κ2) is 4.79. The lowest BCUT2D eigenvalue weighted by Crippen LogP contribution is -2.19. The molecular formula is C12H16N2O. The van der Waals surface area contributed by atoms with E-state index in [4.69, 9.17) is 10.00 Å². The highest BCUT2D eigenvalue weighted by atomic mass is 16.5. The molecule has 3 nitrogen and oxygen atoms in total. The molecule has 0 aliphatic carbocycles. The largest absolute Gasteiger partial charge is 0.474 e. The van der Waals surface area contributed by atoms with E-state index in [2.05, 4.69) is 24.9 Å². The van der Waals surface area contributed by atoms with E-state index in [0.29, 0.717) is 17.4 Å². The Labute approximate surface area is 90.7 Å². The lowest BCUT2D eigenvalue weighted by Gasteiger charge is -2.17. The summed E-state index contributed by atoms with van der Waals surface area (Å²) in [4.78, 5) is 4.23. The van der Waals surface area contributed by atoms with Crippen molar-refractivity contribution < 1.29 is 4.74 Å². The summed E-state index contributed by atoms with van der Waals surface area (Å²) in [6.07, 6.45) is 0.103. The first-order valence-corrected chi connectivity index (χ1v) is 5.08. The number of nitrogens with zero attached hydrogens (tertiary/aromatic N) is 2. The molecule has 0 saturated heterocycles. The molecule has 0 N–H and O–H groups in total. The van der Waals surface area contributed by atoms with Gasteiger partial charge in [-0.3, -0.25) is 0 Å². The molecule has 0 aliphatic rings. The van der Waals surface area contributed by atoms with E-state index in [1.165, 1.54) is 0 Å². The molecule has 1 atom stereocenters. The molecule has 15 heavy (non-hydrogen) atoms. The summed E-state index contributed by atoms with van der Waals surface area (Å²) in [5.41, 5.74) is 1.40. The van der Waals surface area contributed by atoms with Gasteiger partial charge in [-0.15, -0.1) is 0 Å². The summed E-state index contributed by atoms with van der Waals surface area (Å²) in [6, 6.07) is 5.51. The molecule has 0 spiro atoms. The second-order valence-corrected chi connectivity index (χ2v) is 4.01. The number of nitriles is 1. The summed E-state index contributed by atoms with van der Waals surface area (Å²) in [7, 11) is 0. The molecule has 1 rings (SSSR count). The molecule has 0 fully saturated rings. The van der Waals surface area contributed by atoms with E-state index < -0.39 is 0 Å². The van der Waals surface area contributed by atoms with Crippen LogP contribution in [0.2, 0.25) is 0 Å².